The monoisotopic (exact) mass is 379 g/mol. The first kappa shape index (κ1) is 12.7. The Hall–Kier alpha value is -0.360. The van der Waals surface area contributed by atoms with Crippen molar-refractivity contribution in [1.82, 2.24) is 0 Å². The van der Waals surface area contributed by atoms with E-state index in [2.05, 4.69) is 43.8 Å². The molecular weight excluding hydrogens is 369 g/mol. The van der Waals surface area contributed by atoms with E-state index >= 15 is 0 Å². The fraction of sp³-hybridized carbons (Fsp3) is 0.182. The highest BCUT2D eigenvalue weighted by Crippen LogP contribution is 2.22. The number of hydrogen-bond acceptors (Lipinski definition) is 1. The molecule has 1 amide bonds. The van der Waals surface area contributed by atoms with Gasteiger partial charge in [-0.25, -0.2) is 0 Å². The Kier molecular flexibility index (Phi) is 4.79. The largest absolute Gasteiger partial charge is 0.322 e. The van der Waals surface area contributed by atoms with Gasteiger partial charge in [0.1, 0.15) is 0 Å². The lowest BCUT2D eigenvalue weighted by molar-refractivity contribution is -0.111. The van der Waals surface area contributed by atoms with Crippen LogP contribution in [0.5, 0.6) is 0 Å². The predicted molar refractivity (Wildman–Crippen MR) is 74.9 cm³/mol. The molecule has 0 saturated carbocycles. The van der Waals surface area contributed by atoms with Gasteiger partial charge in [-0.15, -0.1) is 0 Å². The molecule has 0 fully saturated rings. The predicted octanol–water partition coefficient (Wildman–Crippen LogP) is 3.96. The van der Waals surface area contributed by atoms with Gasteiger partial charge in [-0.1, -0.05) is 5.57 Å². The Morgan fingerprint density at radius 1 is 1.47 bits per heavy atom. The summed E-state index contributed by atoms with van der Waals surface area (Å²) in [5.41, 5.74) is 1.78. The van der Waals surface area contributed by atoms with Gasteiger partial charge in [-0.3, -0.25) is 4.79 Å². The molecule has 80 valence electrons. The van der Waals surface area contributed by atoms with Gasteiger partial charge in [-0.2, -0.15) is 0 Å². The topological polar surface area (TPSA) is 29.1 Å². The van der Waals surface area contributed by atoms with Gasteiger partial charge in [0.05, 0.1) is 0 Å². The van der Waals surface area contributed by atoms with Crippen molar-refractivity contribution in [2.24, 2.45) is 0 Å². The van der Waals surface area contributed by atoms with E-state index in [4.69, 9.17) is 0 Å². The zero-order chi connectivity index (χ0) is 11.4. The minimum atomic E-state index is -0.0943. The number of carbonyl (C=O) groups is 1. The molecule has 15 heavy (non-hydrogen) atoms. The normalized spacial score (nSPS) is 9.60. The van der Waals surface area contributed by atoms with Crippen molar-refractivity contribution < 1.29 is 4.79 Å². The van der Waals surface area contributed by atoms with Gasteiger partial charge in [-0.05, 0) is 70.6 Å². The molecular formula is C11H11BrINO. The van der Waals surface area contributed by atoms with Crippen molar-refractivity contribution in [3.8, 4) is 0 Å². The molecule has 0 aliphatic heterocycles. The van der Waals surface area contributed by atoms with Crippen molar-refractivity contribution >= 4 is 50.1 Å². The van der Waals surface area contributed by atoms with Crippen LogP contribution in [-0.2, 0) is 4.79 Å². The third kappa shape index (κ3) is 4.34. The lowest BCUT2D eigenvalue weighted by Crippen LogP contribution is -2.08. The molecule has 0 bridgehead atoms. The van der Waals surface area contributed by atoms with E-state index in [0.29, 0.717) is 0 Å². The van der Waals surface area contributed by atoms with Gasteiger partial charge in [0.25, 0.3) is 0 Å². The lowest BCUT2D eigenvalue weighted by Gasteiger charge is -2.04. The molecule has 1 aromatic rings. The number of halogens is 2. The van der Waals surface area contributed by atoms with E-state index in [1.165, 1.54) is 0 Å². The number of rotatable bonds is 2. The number of allylic oxidation sites excluding steroid dienone is 1. The second kappa shape index (κ2) is 5.65. The van der Waals surface area contributed by atoms with Gasteiger partial charge >= 0.3 is 0 Å². The number of hydrogen-bond donors (Lipinski definition) is 1. The highest BCUT2D eigenvalue weighted by molar-refractivity contribution is 14.1. The summed E-state index contributed by atoms with van der Waals surface area (Å²) in [5, 5.41) is 2.79. The van der Waals surface area contributed by atoms with E-state index in [1.807, 2.05) is 32.0 Å². The highest BCUT2D eigenvalue weighted by Gasteiger charge is 2.01. The molecule has 0 aliphatic rings. The highest BCUT2D eigenvalue weighted by atomic mass is 127. The van der Waals surface area contributed by atoms with Crippen molar-refractivity contribution in [2.75, 3.05) is 5.32 Å². The average Bonchev–Trinajstić information content (AvgIpc) is 2.10. The first-order valence-corrected chi connectivity index (χ1v) is 6.27. The van der Waals surface area contributed by atoms with Gasteiger partial charge in [0, 0.05) is 19.8 Å². The zero-order valence-corrected chi connectivity index (χ0v) is 12.2. The van der Waals surface area contributed by atoms with Crippen molar-refractivity contribution in [1.29, 1.82) is 0 Å². The number of carbonyl (C=O) groups excluding carboxylic acids is 1. The van der Waals surface area contributed by atoms with Crippen molar-refractivity contribution in [2.45, 2.75) is 13.8 Å². The zero-order valence-electron chi connectivity index (χ0n) is 8.47. The smallest absolute Gasteiger partial charge is 0.248 e. The fourth-order valence-corrected chi connectivity index (χ4v) is 1.73. The summed E-state index contributed by atoms with van der Waals surface area (Å²) in [7, 11) is 0. The first-order chi connectivity index (χ1) is 6.99. The Balaban J connectivity index is 2.78. The molecule has 0 heterocycles. The van der Waals surface area contributed by atoms with Crippen LogP contribution in [0.2, 0.25) is 0 Å². The Morgan fingerprint density at radius 3 is 2.67 bits per heavy atom. The number of amides is 1. The maximum Gasteiger partial charge on any atom is 0.248 e. The standard InChI is InChI=1S/C11H11BrINO/c1-7(2)5-11(15)14-8-3-4-10(13)9(12)6-8/h3-6H,1-2H3,(H,14,15). The van der Waals surface area contributed by atoms with Crippen molar-refractivity contribution in [3.05, 3.63) is 37.9 Å². The second-order valence-corrected chi connectivity index (χ2v) is 5.36. The van der Waals surface area contributed by atoms with Crippen LogP contribution in [0.4, 0.5) is 5.69 Å². The molecule has 0 radical (unpaired) electrons. The minimum absolute atomic E-state index is 0.0943. The fourth-order valence-electron chi connectivity index (χ4n) is 1.01. The van der Waals surface area contributed by atoms with Crippen LogP contribution in [0.25, 0.3) is 0 Å². The van der Waals surface area contributed by atoms with Crippen molar-refractivity contribution in [3.63, 3.8) is 0 Å². The SMILES string of the molecule is CC(C)=CC(=O)Nc1ccc(I)c(Br)c1. The molecule has 0 atom stereocenters. The van der Waals surface area contributed by atoms with Gasteiger partial charge in [0.2, 0.25) is 5.91 Å². The van der Waals surface area contributed by atoms with E-state index in [0.717, 1.165) is 19.3 Å². The molecule has 0 spiro atoms. The van der Waals surface area contributed by atoms with Crippen LogP contribution in [0.15, 0.2) is 34.3 Å². The number of anilines is 1. The van der Waals surface area contributed by atoms with E-state index in [1.54, 1.807) is 6.08 Å². The number of benzene rings is 1. The summed E-state index contributed by atoms with van der Waals surface area (Å²) in [4.78, 5) is 11.4. The Bertz CT molecular complexity index is 411. The summed E-state index contributed by atoms with van der Waals surface area (Å²) < 4.78 is 2.10. The summed E-state index contributed by atoms with van der Waals surface area (Å²) in [6.45, 7) is 3.78. The molecule has 1 N–H and O–H groups in total. The molecule has 0 saturated heterocycles. The van der Waals surface area contributed by atoms with E-state index in [-0.39, 0.29) is 5.91 Å². The van der Waals surface area contributed by atoms with Gasteiger partial charge < -0.3 is 5.32 Å². The Morgan fingerprint density at radius 2 is 2.13 bits per heavy atom. The molecule has 2 nitrogen and oxygen atoms in total. The van der Waals surface area contributed by atoms with Crippen LogP contribution < -0.4 is 5.32 Å². The first-order valence-electron chi connectivity index (χ1n) is 4.40. The summed E-state index contributed by atoms with van der Waals surface area (Å²) in [5.74, 6) is -0.0943. The minimum Gasteiger partial charge on any atom is -0.322 e. The van der Waals surface area contributed by atoms with Crippen LogP contribution in [0.3, 0.4) is 0 Å². The Labute approximate surface area is 111 Å². The molecule has 0 aromatic heterocycles. The molecule has 1 aromatic carbocycles. The third-order valence-corrected chi connectivity index (χ3v) is 3.94. The lowest BCUT2D eigenvalue weighted by atomic mass is 10.3. The summed E-state index contributed by atoms with van der Waals surface area (Å²) >= 11 is 5.64. The molecule has 1 rings (SSSR count). The quantitative estimate of drug-likeness (QED) is 0.611. The molecule has 0 aliphatic carbocycles. The van der Waals surface area contributed by atoms with E-state index < -0.39 is 0 Å². The van der Waals surface area contributed by atoms with Crippen LogP contribution >= 0.6 is 38.5 Å². The van der Waals surface area contributed by atoms with E-state index in [9.17, 15) is 4.79 Å². The van der Waals surface area contributed by atoms with Crippen LogP contribution in [-0.4, -0.2) is 5.91 Å². The molecule has 4 heteroatoms. The summed E-state index contributed by atoms with van der Waals surface area (Å²) in [6, 6.07) is 5.71. The molecule has 0 unspecified atom stereocenters. The van der Waals surface area contributed by atoms with Crippen LogP contribution in [0, 0.1) is 3.57 Å². The van der Waals surface area contributed by atoms with Gasteiger partial charge in [0.15, 0.2) is 0 Å². The third-order valence-electron chi connectivity index (χ3n) is 1.61. The number of nitrogens with one attached hydrogen (secondary N) is 1. The maximum atomic E-state index is 11.4. The summed E-state index contributed by atoms with van der Waals surface area (Å²) in [6.07, 6.45) is 1.58. The van der Waals surface area contributed by atoms with Crippen LogP contribution in [0.1, 0.15) is 13.8 Å². The second-order valence-electron chi connectivity index (χ2n) is 3.34. The maximum absolute atomic E-state index is 11.4. The average molecular weight is 380 g/mol.